The summed E-state index contributed by atoms with van der Waals surface area (Å²) in [5.41, 5.74) is 4.99. The van der Waals surface area contributed by atoms with Gasteiger partial charge in [-0.3, -0.25) is 0 Å². The van der Waals surface area contributed by atoms with Gasteiger partial charge in [-0.15, -0.1) is 0 Å². The fraction of sp³-hybridized carbons (Fsp3) is 0.294. The molecule has 1 N–H and O–H groups in total. The van der Waals surface area contributed by atoms with Gasteiger partial charge in [0.15, 0.2) is 0 Å². The molecule has 2 aromatic carbocycles. The van der Waals surface area contributed by atoms with Crippen LogP contribution in [0.15, 0.2) is 42.5 Å². The number of para-hydroxylation sites is 1. The van der Waals surface area contributed by atoms with E-state index in [9.17, 15) is 0 Å². The van der Waals surface area contributed by atoms with E-state index in [4.69, 9.17) is 4.74 Å². The van der Waals surface area contributed by atoms with Crippen molar-refractivity contribution in [2.45, 2.75) is 27.0 Å². The predicted octanol–water partition coefficient (Wildman–Crippen LogP) is 3.60. The first kappa shape index (κ1) is 13.6. The van der Waals surface area contributed by atoms with Crippen LogP contribution in [0.3, 0.4) is 0 Å². The molecule has 0 amide bonds. The van der Waals surface area contributed by atoms with Crippen LogP contribution in [0.2, 0.25) is 0 Å². The lowest BCUT2D eigenvalue weighted by molar-refractivity contribution is 0.301. The largest absolute Gasteiger partial charge is 0.489 e. The van der Waals surface area contributed by atoms with Crippen LogP contribution >= 0.6 is 0 Å². The molecule has 0 saturated heterocycles. The molecule has 2 aromatic rings. The Morgan fingerprint density at radius 3 is 2.58 bits per heavy atom. The van der Waals surface area contributed by atoms with Gasteiger partial charge in [0.2, 0.25) is 0 Å². The number of nitrogens with one attached hydrogen (secondary N) is 1. The lowest BCUT2D eigenvalue weighted by atomic mass is 10.1. The molecule has 0 aliphatic heterocycles. The summed E-state index contributed by atoms with van der Waals surface area (Å²) in [5, 5.41) is 3.16. The van der Waals surface area contributed by atoms with Crippen LogP contribution in [0.1, 0.15) is 22.3 Å². The Labute approximate surface area is 115 Å². The molecule has 0 spiro atoms. The molecule has 0 unspecified atom stereocenters. The number of hydrogen-bond acceptors (Lipinski definition) is 2. The van der Waals surface area contributed by atoms with Crippen molar-refractivity contribution in [2.75, 3.05) is 7.05 Å². The summed E-state index contributed by atoms with van der Waals surface area (Å²) < 4.78 is 5.97. The third-order valence-electron chi connectivity index (χ3n) is 3.23. The van der Waals surface area contributed by atoms with Gasteiger partial charge in [-0.2, -0.15) is 0 Å². The normalized spacial score (nSPS) is 10.5. The van der Waals surface area contributed by atoms with Gasteiger partial charge < -0.3 is 10.1 Å². The molecular formula is C17H21NO. The van der Waals surface area contributed by atoms with Crippen molar-refractivity contribution >= 4 is 0 Å². The second-order valence-electron chi connectivity index (χ2n) is 4.86. The lowest BCUT2D eigenvalue weighted by Gasteiger charge is -2.13. The molecule has 2 heteroatoms. The predicted molar refractivity (Wildman–Crippen MR) is 79.5 cm³/mol. The van der Waals surface area contributed by atoms with E-state index in [1.54, 1.807) is 0 Å². The van der Waals surface area contributed by atoms with E-state index in [2.05, 4.69) is 43.4 Å². The average Bonchev–Trinajstić information content (AvgIpc) is 2.42. The topological polar surface area (TPSA) is 21.3 Å². The number of ether oxygens (including phenoxy) is 1. The Bertz CT molecular complexity index is 549. The first-order valence-corrected chi connectivity index (χ1v) is 6.62. The van der Waals surface area contributed by atoms with Crippen LogP contribution < -0.4 is 10.1 Å². The number of hydrogen-bond donors (Lipinski definition) is 1. The van der Waals surface area contributed by atoms with Gasteiger partial charge >= 0.3 is 0 Å². The third kappa shape index (κ3) is 3.58. The van der Waals surface area contributed by atoms with Crippen molar-refractivity contribution in [3.05, 3.63) is 64.7 Å². The van der Waals surface area contributed by atoms with Crippen molar-refractivity contribution in [3.63, 3.8) is 0 Å². The molecule has 100 valence electrons. The summed E-state index contributed by atoms with van der Waals surface area (Å²) in [4.78, 5) is 0. The Hall–Kier alpha value is -1.80. The molecule has 0 aromatic heterocycles. The minimum atomic E-state index is 0.619. The van der Waals surface area contributed by atoms with E-state index in [1.807, 2.05) is 25.2 Å². The van der Waals surface area contributed by atoms with E-state index >= 15 is 0 Å². The highest BCUT2D eigenvalue weighted by atomic mass is 16.5. The minimum absolute atomic E-state index is 0.619. The molecule has 0 atom stereocenters. The van der Waals surface area contributed by atoms with Crippen LogP contribution in [-0.4, -0.2) is 7.05 Å². The maximum Gasteiger partial charge on any atom is 0.124 e. The van der Waals surface area contributed by atoms with Crippen molar-refractivity contribution in [1.82, 2.24) is 5.32 Å². The van der Waals surface area contributed by atoms with Crippen molar-refractivity contribution in [1.29, 1.82) is 0 Å². The van der Waals surface area contributed by atoms with Crippen molar-refractivity contribution < 1.29 is 4.74 Å². The number of aryl methyl sites for hydroxylation is 2. The third-order valence-corrected chi connectivity index (χ3v) is 3.23. The zero-order chi connectivity index (χ0) is 13.7. The molecule has 0 aliphatic rings. The molecular weight excluding hydrogens is 234 g/mol. The average molecular weight is 255 g/mol. The molecule has 0 radical (unpaired) electrons. The maximum atomic E-state index is 5.97. The number of rotatable bonds is 5. The quantitative estimate of drug-likeness (QED) is 0.881. The van der Waals surface area contributed by atoms with Crippen LogP contribution in [0, 0.1) is 13.8 Å². The van der Waals surface area contributed by atoms with Crippen LogP contribution in [0.25, 0.3) is 0 Å². The van der Waals surface area contributed by atoms with Gasteiger partial charge in [0.1, 0.15) is 12.4 Å². The van der Waals surface area contributed by atoms with Crippen molar-refractivity contribution in [3.8, 4) is 5.75 Å². The summed E-state index contributed by atoms with van der Waals surface area (Å²) in [7, 11) is 1.95. The summed E-state index contributed by atoms with van der Waals surface area (Å²) in [6.45, 7) is 5.67. The van der Waals surface area contributed by atoms with Gasteiger partial charge in [0.25, 0.3) is 0 Å². The highest BCUT2D eigenvalue weighted by Crippen LogP contribution is 2.20. The van der Waals surface area contributed by atoms with Crippen LogP contribution in [-0.2, 0) is 13.2 Å². The van der Waals surface area contributed by atoms with E-state index in [0.717, 1.165) is 12.3 Å². The Kier molecular flexibility index (Phi) is 4.58. The fourth-order valence-electron chi connectivity index (χ4n) is 2.09. The second-order valence-corrected chi connectivity index (χ2v) is 4.86. The number of benzene rings is 2. The molecule has 2 nitrogen and oxygen atoms in total. The molecule has 0 saturated carbocycles. The van der Waals surface area contributed by atoms with E-state index in [1.165, 1.54) is 22.3 Å². The van der Waals surface area contributed by atoms with Gasteiger partial charge in [-0.25, -0.2) is 0 Å². The van der Waals surface area contributed by atoms with Gasteiger partial charge in [-0.1, -0.05) is 42.0 Å². The van der Waals surface area contributed by atoms with Crippen LogP contribution in [0.5, 0.6) is 5.75 Å². The molecule has 0 bridgehead atoms. The molecule has 19 heavy (non-hydrogen) atoms. The Morgan fingerprint density at radius 2 is 1.79 bits per heavy atom. The van der Waals surface area contributed by atoms with E-state index < -0.39 is 0 Å². The van der Waals surface area contributed by atoms with Gasteiger partial charge in [-0.05, 0) is 38.1 Å². The highest BCUT2D eigenvalue weighted by Gasteiger charge is 2.04. The lowest BCUT2D eigenvalue weighted by Crippen LogP contribution is -2.07. The van der Waals surface area contributed by atoms with E-state index in [0.29, 0.717) is 6.61 Å². The SMILES string of the molecule is CNCc1ccccc1OCc1cc(C)ccc1C. The monoisotopic (exact) mass is 255 g/mol. The van der Waals surface area contributed by atoms with Gasteiger partial charge in [0, 0.05) is 12.1 Å². The highest BCUT2D eigenvalue weighted by molar-refractivity contribution is 5.35. The first-order chi connectivity index (χ1) is 9.20. The maximum absolute atomic E-state index is 5.97. The van der Waals surface area contributed by atoms with E-state index in [-0.39, 0.29) is 0 Å². The summed E-state index contributed by atoms with van der Waals surface area (Å²) in [5.74, 6) is 0.956. The zero-order valence-electron chi connectivity index (χ0n) is 11.9. The molecule has 0 fully saturated rings. The summed E-state index contributed by atoms with van der Waals surface area (Å²) in [6.07, 6.45) is 0. The smallest absolute Gasteiger partial charge is 0.124 e. The van der Waals surface area contributed by atoms with Crippen molar-refractivity contribution in [2.24, 2.45) is 0 Å². The fourth-order valence-corrected chi connectivity index (χ4v) is 2.09. The minimum Gasteiger partial charge on any atom is -0.489 e. The Morgan fingerprint density at radius 1 is 1.00 bits per heavy atom. The molecule has 0 heterocycles. The zero-order valence-corrected chi connectivity index (χ0v) is 11.9. The molecule has 0 aliphatic carbocycles. The standard InChI is InChI=1S/C17H21NO/c1-13-8-9-14(2)16(10-13)12-19-17-7-5-4-6-15(17)11-18-3/h4-10,18H,11-12H2,1-3H3. The Balaban J connectivity index is 2.12. The van der Waals surface area contributed by atoms with Crippen LogP contribution in [0.4, 0.5) is 0 Å². The molecule has 2 rings (SSSR count). The van der Waals surface area contributed by atoms with Gasteiger partial charge in [0.05, 0.1) is 0 Å². The summed E-state index contributed by atoms with van der Waals surface area (Å²) >= 11 is 0. The second kappa shape index (κ2) is 6.39. The first-order valence-electron chi connectivity index (χ1n) is 6.62. The summed E-state index contributed by atoms with van der Waals surface area (Å²) in [6, 6.07) is 14.6.